The first-order valence-corrected chi connectivity index (χ1v) is 5.44. The standard InChI is InChI=1S/C11H17N3O2/c1-16-10-5-4-9(12)11(13-10)14-6-2-3-8(14)7-15/h4-5,8,15H,2-3,6-7,12H2,1H3. The van der Waals surface area contributed by atoms with Gasteiger partial charge in [0.15, 0.2) is 5.82 Å². The summed E-state index contributed by atoms with van der Waals surface area (Å²) >= 11 is 0. The van der Waals surface area contributed by atoms with Gasteiger partial charge in [-0.2, -0.15) is 4.98 Å². The molecule has 1 aromatic heterocycles. The smallest absolute Gasteiger partial charge is 0.215 e. The molecule has 0 aromatic carbocycles. The molecule has 0 radical (unpaired) electrons. The predicted octanol–water partition coefficient (Wildman–Crippen LogP) is 0.633. The van der Waals surface area contributed by atoms with Gasteiger partial charge in [-0.1, -0.05) is 0 Å². The molecule has 1 aromatic rings. The van der Waals surface area contributed by atoms with E-state index in [1.807, 2.05) is 0 Å². The highest BCUT2D eigenvalue weighted by molar-refractivity contribution is 5.64. The molecular formula is C11H17N3O2. The van der Waals surface area contributed by atoms with Crippen LogP contribution in [0.2, 0.25) is 0 Å². The summed E-state index contributed by atoms with van der Waals surface area (Å²) in [4.78, 5) is 6.39. The van der Waals surface area contributed by atoms with Crippen molar-refractivity contribution >= 4 is 11.5 Å². The lowest BCUT2D eigenvalue weighted by atomic mass is 10.2. The molecule has 1 saturated heterocycles. The molecule has 0 spiro atoms. The Morgan fingerprint density at radius 2 is 2.44 bits per heavy atom. The number of aromatic nitrogens is 1. The fraction of sp³-hybridized carbons (Fsp3) is 0.545. The Morgan fingerprint density at radius 3 is 3.12 bits per heavy atom. The van der Waals surface area contributed by atoms with Crippen molar-refractivity contribution in [3.8, 4) is 5.88 Å². The van der Waals surface area contributed by atoms with Gasteiger partial charge in [-0.05, 0) is 18.9 Å². The van der Waals surface area contributed by atoms with Crippen LogP contribution in [0.4, 0.5) is 11.5 Å². The Labute approximate surface area is 94.8 Å². The molecule has 2 heterocycles. The van der Waals surface area contributed by atoms with E-state index in [0.717, 1.165) is 25.2 Å². The number of nitrogen functional groups attached to an aromatic ring is 1. The number of aliphatic hydroxyl groups is 1. The van der Waals surface area contributed by atoms with Crippen LogP contribution in [0.5, 0.6) is 5.88 Å². The van der Waals surface area contributed by atoms with E-state index in [4.69, 9.17) is 10.5 Å². The number of aliphatic hydroxyl groups excluding tert-OH is 1. The third-order valence-corrected chi connectivity index (χ3v) is 2.95. The lowest BCUT2D eigenvalue weighted by molar-refractivity contribution is 0.266. The molecule has 2 rings (SSSR count). The summed E-state index contributed by atoms with van der Waals surface area (Å²) in [6, 6.07) is 3.65. The fourth-order valence-corrected chi connectivity index (χ4v) is 2.09. The van der Waals surface area contributed by atoms with E-state index in [2.05, 4.69) is 9.88 Å². The van der Waals surface area contributed by atoms with Crippen LogP contribution in [0.3, 0.4) is 0 Å². The SMILES string of the molecule is COc1ccc(N)c(N2CCCC2CO)n1. The Bertz CT molecular complexity index is 370. The van der Waals surface area contributed by atoms with Gasteiger partial charge in [0.25, 0.3) is 0 Å². The number of nitrogens with zero attached hydrogens (tertiary/aromatic N) is 2. The number of methoxy groups -OCH3 is 1. The quantitative estimate of drug-likeness (QED) is 0.786. The normalized spacial score (nSPS) is 20.1. The summed E-state index contributed by atoms with van der Waals surface area (Å²) < 4.78 is 5.08. The average molecular weight is 223 g/mol. The molecular weight excluding hydrogens is 206 g/mol. The van der Waals surface area contributed by atoms with Gasteiger partial charge in [0.2, 0.25) is 5.88 Å². The highest BCUT2D eigenvalue weighted by atomic mass is 16.5. The summed E-state index contributed by atoms with van der Waals surface area (Å²) in [5, 5.41) is 9.27. The van der Waals surface area contributed by atoms with Gasteiger partial charge in [0.1, 0.15) is 0 Å². The molecule has 0 aliphatic carbocycles. The van der Waals surface area contributed by atoms with Gasteiger partial charge in [0, 0.05) is 12.6 Å². The third-order valence-electron chi connectivity index (χ3n) is 2.95. The minimum atomic E-state index is 0.127. The first-order chi connectivity index (χ1) is 7.76. The van der Waals surface area contributed by atoms with E-state index in [9.17, 15) is 5.11 Å². The van der Waals surface area contributed by atoms with Gasteiger partial charge in [0.05, 0.1) is 25.4 Å². The first-order valence-electron chi connectivity index (χ1n) is 5.44. The van der Waals surface area contributed by atoms with Gasteiger partial charge in [-0.15, -0.1) is 0 Å². The Balaban J connectivity index is 2.31. The number of hydrogen-bond donors (Lipinski definition) is 2. The van der Waals surface area contributed by atoms with Gasteiger partial charge in [-0.25, -0.2) is 0 Å². The molecule has 0 saturated carbocycles. The summed E-state index contributed by atoms with van der Waals surface area (Å²) in [6.07, 6.45) is 2.04. The second kappa shape index (κ2) is 4.57. The highest BCUT2D eigenvalue weighted by Crippen LogP contribution is 2.30. The van der Waals surface area contributed by atoms with Crippen LogP contribution in [0.15, 0.2) is 12.1 Å². The topological polar surface area (TPSA) is 71.6 Å². The van der Waals surface area contributed by atoms with Crippen molar-refractivity contribution in [1.82, 2.24) is 4.98 Å². The van der Waals surface area contributed by atoms with Crippen molar-refractivity contribution in [3.63, 3.8) is 0 Å². The van der Waals surface area contributed by atoms with Crippen LogP contribution in [0, 0.1) is 0 Å². The van der Waals surface area contributed by atoms with Crippen molar-refractivity contribution in [3.05, 3.63) is 12.1 Å². The van der Waals surface area contributed by atoms with Crippen LogP contribution in [-0.2, 0) is 0 Å². The Hall–Kier alpha value is -1.49. The van der Waals surface area contributed by atoms with E-state index < -0.39 is 0 Å². The van der Waals surface area contributed by atoms with Gasteiger partial charge in [-0.3, -0.25) is 0 Å². The summed E-state index contributed by atoms with van der Waals surface area (Å²) in [5.74, 6) is 1.27. The summed E-state index contributed by atoms with van der Waals surface area (Å²) in [6.45, 7) is 1.02. The van der Waals surface area contributed by atoms with Crippen LogP contribution in [0.1, 0.15) is 12.8 Å². The van der Waals surface area contributed by atoms with Crippen LogP contribution >= 0.6 is 0 Å². The van der Waals surface area contributed by atoms with Crippen molar-refractivity contribution in [1.29, 1.82) is 0 Å². The van der Waals surface area contributed by atoms with Crippen molar-refractivity contribution in [2.45, 2.75) is 18.9 Å². The molecule has 3 N–H and O–H groups in total. The van der Waals surface area contributed by atoms with Gasteiger partial charge >= 0.3 is 0 Å². The molecule has 0 amide bonds. The first kappa shape index (κ1) is 11.0. The van der Waals surface area contributed by atoms with E-state index in [1.54, 1.807) is 19.2 Å². The number of hydrogen-bond acceptors (Lipinski definition) is 5. The third kappa shape index (κ3) is 1.90. The van der Waals surface area contributed by atoms with Crippen molar-refractivity contribution < 1.29 is 9.84 Å². The molecule has 1 atom stereocenters. The molecule has 1 aliphatic rings. The van der Waals surface area contributed by atoms with E-state index >= 15 is 0 Å². The van der Waals surface area contributed by atoms with E-state index in [-0.39, 0.29) is 12.6 Å². The monoisotopic (exact) mass is 223 g/mol. The zero-order chi connectivity index (χ0) is 11.5. The molecule has 1 fully saturated rings. The zero-order valence-corrected chi connectivity index (χ0v) is 9.39. The minimum Gasteiger partial charge on any atom is -0.481 e. The van der Waals surface area contributed by atoms with Gasteiger partial charge < -0.3 is 20.5 Å². The maximum absolute atomic E-state index is 9.27. The number of ether oxygens (including phenoxy) is 1. The molecule has 5 heteroatoms. The van der Waals surface area contributed by atoms with Crippen LogP contribution in [-0.4, -0.2) is 36.4 Å². The van der Waals surface area contributed by atoms with Crippen LogP contribution < -0.4 is 15.4 Å². The summed E-state index contributed by atoms with van der Waals surface area (Å²) in [7, 11) is 1.58. The molecule has 16 heavy (non-hydrogen) atoms. The molecule has 5 nitrogen and oxygen atoms in total. The minimum absolute atomic E-state index is 0.127. The second-order valence-corrected chi connectivity index (χ2v) is 3.94. The lowest BCUT2D eigenvalue weighted by Crippen LogP contribution is -2.33. The molecule has 0 bridgehead atoms. The zero-order valence-electron chi connectivity index (χ0n) is 9.39. The second-order valence-electron chi connectivity index (χ2n) is 3.94. The number of rotatable bonds is 3. The largest absolute Gasteiger partial charge is 0.481 e. The maximum Gasteiger partial charge on any atom is 0.215 e. The predicted molar refractivity (Wildman–Crippen MR) is 62.7 cm³/mol. The average Bonchev–Trinajstić information content (AvgIpc) is 2.77. The Kier molecular flexibility index (Phi) is 3.14. The highest BCUT2D eigenvalue weighted by Gasteiger charge is 2.26. The molecule has 1 aliphatic heterocycles. The van der Waals surface area contributed by atoms with E-state index in [0.29, 0.717) is 11.6 Å². The van der Waals surface area contributed by atoms with Crippen molar-refractivity contribution in [2.75, 3.05) is 30.9 Å². The summed E-state index contributed by atoms with van der Waals surface area (Å²) in [5.41, 5.74) is 6.53. The fourth-order valence-electron chi connectivity index (χ4n) is 2.09. The van der Waals surface area contributed by atoms with Crippen LogP contribution in [0.25, 0.3) is 0 Å². The lowest BCUT2D eigenvalue weighted by Gasteiger charge is -2.25. The van der Waals surface area contributed by atoms with E-state index in [1.165, 1.54) is 0 Å². The van der Waals surface area contributed by atoms with Crippen molar-refractivity contribution in [2.24, 2.45) is 0 Å². The number of pyridine rings is 1. The Morgan fingerprint density at radius 1 is 1.62 bits per heavy atom. The number of nitrogens with two attached hydrogens (primary N) is 1. The maximum atomic E-state index is 9.27. The molecule has 88 valence electrons. The number of anilines is 2. The molecule has 1 unspecified atom stereocenters.